The third kappa shape index (κ3) is 4.54. The van der Waals surface area contributed by atoms with E-state index in [1.54, 1.807) is 5.38 Å². The minimum Gasteiger partial charge on any atom is -0.378 e. The second kappa shape index (κ2) is 9.09. The monoisotopic (exact) mass is 493 g/mol. The highest BCUT2D eigenvalue weighted by atomic mass is 35.5. The van der Waals surface area contributed by atoms with Crippen molar-refractivity contribution < 1.29 is 13.2 Å². The van der Waals surface area contributed by atoms with Crippen molar-refractivity contribution >= 4 is 55.2 Å². The van der Waals surface area contributed by atoms with E-state index in [4.69, 9.17) is 16.3 Å². The fourth-order valence-corrected chi connectivity index (χ4v) is 7.22. The summed E-state index contributed by atoms with van der Waals surface area (Å²) in [6.07, 6.45) is 3.29. The molecule has 1 aromatic carbocycles. The lowest BCUT2D eigenvalue weighted by Crippen LogP contribution is -2.39. The lowest BCUT2D eigenvalue weighted by molar-refractivity contribution is 0.122. The highest BCUT2D eigenvalue weighted by Gasteiger charge is 2.29. The maximum Gasteiger partial charge on any atom is 0.224 e. The molecular formula is C21H24ClN5O3S2. The number of rotatable bonds is 5. The van der Waals surface area contributed by atoms with E-state index in [-0.39, 0.29) is 21.3 Å². The molecule has 11 heteroatoms. The van der Waals surface area contributed by atoms with Gasteiger partial charge < -0.3 is 14.5 Å². The Morgan fingerprint density at radius 1 is 1.16 bits per heavy atom. The van der Waals surface area contributed by atoms with Gasteiger partial charge in [-0.2, -0.15) is 4.98 Å². The fourth-order valence-electron chi connectivity index (χ4n) is 4.47. The first-order valence-corrected chi connectivity index (χ1v) is 13.6. The third-order valence-electron chi connectivity index (χ3n) is 5.96. The third-order valence-corrected chi connectivity index (χ3v) is 9.29. The van der Waals surface area contributed by atoms with E-state index in [9.17, 15) is 8.42 Å². The van der Waals surface area contributed by atoms with E-state index in [0.717, 1.165) is 54.9 Å². The minimum absolute atomic E-state index is 0.00839. The number of aromatic nitrogens is 3. The number of morpholine rings is 1. The van der Waals surface area contributed by atoms with Gasteiger partial charge in [0, 0.05) is 48.8 Å². The molecule has 0 unspecified atom stereocenters. The number of halogens is 1. The van der Waals surface area contributed by atoms with Gasteiger partial charge in [0.25, 0.3) is 0 Å². The smallest absolute Gasteiger partial charge is 0.224 e. The Bertz CT molecular complexity index is 1200. The Morgan fingerprint density at radius 2 is 2.00 bits per heavy atom. The van der Waals surface area contributed by atoms with E-state index >= 15 is 0 Å². The van der Waals surface area contributed by atoms with Crippen LogP contribution in [0.15, 0.2) is 34.1 Å². The highest BCUT2D eigenvalue weighted by molar-refractivity contribution is 7.93. The summed E-state index contributed by atoms with van der Waals surface area (Å²) in [4.78, 5) is 17.4. The van der Waals surface area contributed by atoms with Gasteiger partial charge in [0.05, 0.1) is 24.5 Å². The van der Waals surface area contributed by atoms with Crippen LogP contribution in [0.2, 0.25) is 5.28 Å². The molecule has 0 N–H and O–H groups in total. The van der Waals surface area contributed by atoms with Crippen LogP contribution < -0.4 is 9.80 Å². The van der Waals surface area contributed by atoms with Crippen LogP contribution >= 0.6 is 22.9 Å². The molecule has 0 saturated carbocycles. The number of fused-ring (bicyclic) bond motifs is 1. The molecule has 5 rings (SSSR count). The molecule has 2 aliphatic heterocycles. The van der Waals surface area contributed by atoms with E-state index in [1.165, 1.54) is 17.5 Å². The summed E-state index contributed by atoms with van der Waals surface area (Å²) in [5.41, 5.74) is 1.88. The molecule has 8 nitrogen and oxygen atoms in total. The number of anilines is 2. The molecule has 0 radical (unpaired) electrons. The van der Waals surface area contributed by atoms with Crippen LogP contribution in [0, 0.1) is 5.92 Å². The first-order chi connectivity index (χ1) is 15.5. The number of benzene rings is 1. The van der Waals surface area contributed by atoms with Crippen molar-refractivity contribution in [3.05, 3.63) is 35.1 Å². The van der Waals surface area contributed by atoms with Crippen LogP contribution in [0.25, 0.3) is 10.9 Å². The first-order valence-electron chi connectivity index (χ1n) is 10.7. The van der Waals surface area contributed by atoms with Crippen molar-refractivity contribution in [2.75, 3.05) is 54.9 Å². The molecular weight excluding hydrogens is 470 g/mol. The predicted molar refractivity (Wildman–Crippen MR) is 127 cm³/mol. The Labute approximate surface area is 196 Å². The molecule has 32 heavy (non-hydrogen) atoms. The van der Waals surface area contributed by atoms with Crippen LogP contribution in [0.3, 0.4) is 0 Å². The van der Waals surface area contributed by atoms with Crippen LogP contribution in [0.4, 0.5) is 11.5 Å². The van der Waals surface area contributed by atoms with Crippen molar-refractivity contribution in [2.45, 2.75) is 17.2 Å². The molecule has 2 aromatic heterocycles. The lowest BCUT2D eigenvalue weighted by atomic mass is 9.99. The molecule has 1 atom stereocenters. The van der Waals surface area contributed by atoms with Crippen LogP contribution in [-0.2, 0) is 14.6 Å². The van der Waals surface area contributed by atoms with Crippen molar-refractivity contribution in [3.63, 3.8) is 0 Å². The summed E-state index contributed by atoms with van der Waals surface area (Å²) in [6, 6.07) is 6.18. The molecule has 2 saturated heterocycles. The van der Waals surface area contributed by atoms with Gasteiger partial charge in [-0.15, -0.1) is 11.3 Å². The first kappa shape index (κ1) is 21.8. The largest absolute Gasteiger partial charge is 0.378 e. The molecule has 2 fully saturated rings. The van der Waals surface area contributed by atoms with Crippen molar-refractivity contribution in [1.29, 1.82) is 0 Å². The zero-order chi connectivity index (χ0) is 22.1. The summed E-state index contributed by atoms with van der Waals surface area (Å²) in [5.74, 6) is 0.869. The van der Waals surface area contributed by atoms with Gasteiger partial charge >= 0.3 is 0 Å². The van der Waals surface area contributed by atoms with E-state index in [1.807, 2.05) is 12.1 Å². The summed E-state index contributed by atoms with van der Waals surface area (Å²) in [6.45, 7) is 4.54. The van der Waals surface area contributed by atoms with Gasteiger partial charge in [-0.05, 0) is 48.6 Å². The molecule has 4 heterocycles. The molecule has 0 spiro atoms. The average molecular weight is 494 g/mol. The second-order valence-corrected chi connectivity index (χ2v) is 11.6. The van der Waals surface area contributed by atoms with E-state index in [0.29, 0.717) is 19.8 Å². The minimum atomic E-state index is -3.38. The van der Waals surface area contributed by atoms with Crippen LogP contribution in [0.1, 0.15) is 12.8 Å². The Kier molecular flexibility index (Phi) is 6.20. The highest BCUT2D eigenvalue weighted by Crippen LogP contribution is 2.32. The zero-order valence-corrected chi connectivity index (χ0v) is 19.9. The van der Waals surface area contributed by atoms with Crippen molar-refractivity contribution in [1.82, 2.24) is 15.0 Å². The maximum absolute atomic E-state index is 12.7. The number of nitrogens with zero attached hydrogens (tertiary/aromatic N) is 5. The average Bonchev–Trinajstić information content (AvgIpc) is 3.35. The summed E-state index contributed by atoms with van der Waals surface area (Å²) >= 11 is 7.48. The number of hydrogen-bond donors (Lipinski definition) is 0. The van der Waals surface area contributed by atoms with Gasteiger partial charge in [-0.1, -0.05) is 0 Å². The lowest BCUT2D eigenvalue weighted by Gasteiger charge is -2.34. The summed E-state index contributed by atoms with van der Waals surface area (Å²) in [5, 5.41) is 2.82. The Balaban J connectivity index is 1.40. The number of piperidine rings is 1. The number of hydrogen-bond acceptors (Lipinski definition) is 9. The molecule has 170 valence electrons. The quantitative estimate of drug-likeness (QED) is 0.500. The van der Waals surface area contributed by atoms with Crippen LogP contribution in [0.5, 0.6) is 0 Å². The van der Waals surface area contributed by atoms with Gasteiger partial charge in [-0.3, -0.25) is 0 Å². The van der Waals surface area contributed by atoms with Gasteiger partial charge in [0.1, 0.15) is 5.82 Å². The fraction of sp³-hybridized carbons (Fsp3) is 0.476. The zero-order valence-electron chi connectivity index (χ0n) is 17.5. The molecule has 3 aromatic rings. The number of sulfone groups is 1. The summed E-state index contributed by atoms with van der Waals surface area (Å²) in [7, 11) is -3.38. The predicted octanol–water partition coefficient (Wildman–Crippen LogP) is 3.27. The SMILES string of the molecule is O=S(=O)(C[C@@H]1CCCN(c2nc(Cl)nc3cc(N4CCOCC4)ccc23)C1)c1nccs1. The van der Waals surface area contributed by atoms with Gasteiger partial charge in [-0.25, -0.2) is 18.4 Å². The maximum atomic E-state index is 12.7. The topological polar surface area (TPSA) is 88.5 Å². The molecule has 0 amide bonds. The van der Waals surface area contributed by atoms with Crippen molar-refractivity contribution in [3.8, 4) is 0 Å². The van der Waals surface area contributed by atoms with Gasteiger partial charge in [0.15, 0.2) is 0 Å². The van der Waals surface area contributed by atoms with Gasteiger partial charge in [0.2, 0.25) is 19.5 Å². The molecule has 0 aliphatic carbocycles. The summed E-state index contributed by atoms with van der Waals surface area (Å²) < 4.78 is 31.1. The second-order valence-electron chi connectivity index (χ2n) is 8.15. The van der Waals surface area contributed by atoms with E-state index < -0.39 is 9.84 Å². The molecule has 0 bridgehead atoms. The standard InChI is InChI=1S/C21H24ClN5O3S2/c22-20-24-18-12-16(26-7-9-30-10-8-26)3-4-17(18)19(25-20)27-6-1-2-15(13-27)14-32(28,29)21-23-5-11-31-21/h3-5,11-12,15H,1-2,6-10,13-14H2/t15-/m1/s1. The number of thiazole rings is 1. The van der Waals surface area contributed by atoms with E-state index in [2.05, 4.69) is 30.8 Å². The normalized spacial score (nSPS) is 20.1. The van der Waals surface area contributed by atoms with Crippen LogP contribution in [-0.4, -0.2) is 68.5 Å². The Morgan fingerprint density at radius 3 is 2.78 bits per heavy atom. The number of ether oxygens (including phenoxy) is 1. The molecule has 2 aliphatic rings. The Hall–Kier alpha value is -2.01. The van der Waals surface area contributed by atoms with Crippen molar-refractivity contribution in [2.24, 2.45) is 5.92 Å².